The van der Waals surface area contributed by atoms with Crippen LogP contribution in [0.1, 0.15) is 0 Å². The fourth-order valence-electron chi connectivity index (χ4n) is 3.33. The first-order valence-corrected chi connectivity index (χ1v) is 10.6. The van der Waals surface area contributed by atoms with Gasteiger partial charge in [-0.1, -0.05) is 11.8 Å². The molecule has 2 aromatic heterocycles. The number of benzene rings is 2. The number of hydrogen-bond donors (Lipinski definition) is 2. The number of aromatic amines is 1. The Balaban J connectivity index is 1.56. The van der Waals surface area contributed by atoms with Gasteiger partial charge in [-0.25, -0.2) is 9.97 Å². The van der Waals surface area contributed by atoms with Crippen molar-refractivity contribution in [2.24, 2.45) is 0 Å². The summed E-state index contributed by atoms with van der Waals surface area (Å²) in [6, 6.07) is 8.93. The smallest absolute Gasteiger partial charge is 0.234 e. The molecule has 0 atom stereocenters. The molecule has 0 fully saturated rings. The van der Waals surface area contributed by atoms with Crippen LogP contribution in [0.2, 0.25) is 0 Å². The van der Waals surface area contributed by atoms with Crippen molar-refractivity contribution in [1.29, 1.82) is 0 Å². The first-order chi connectivity index (χ1) is 15.6. The van der Waals surface area contributed by atoms with Crippen LogP contribution in [0.5, 0.6) is 23.0 Å². The zero-order valence-corrected chi connectivity index (χ0v) is 18.8. The van der Waals surface area contributed by atoms with Crippen LogP contribution in [-0.2, 0) is 4.79 Å². The van der Waals surface area contributed by atoms with E-state index in [9.17, 15) is 4.79 Å². The molecule has 0 saturated carbocycles. The number of ether oxygens (including phenoxy) is 4. The topological polar surface area (TPSA) is 108 Å². The van der Waals surface area contributed by atoms with Crippen LogP contribution in [0, 0.1) is 0 Å². The lowest BCUT2D eigenvalue weighted by Crippen LogP contribution is -2.14. The van der Waals surface area contributed by atoms with Crippen LogP contribution in [-0.4, -0.2) is 55.1 Å². The normalized spacial score (nSPS) is 10.9. The summed E-state index contributed by atoms with van der Waals surface area (Å²) in [5.41, 5.74) is 2.90. The van der Waals surface area contributed by atoms with Gasteiger partial charge in [-0.2, -0.15) is 0 Å². The molecule has 0 unspecified atom stereocenters. The van der Waals surface area contributed by atoms with E-state index < -0.39 is 0 Å². The second-order valence-electron chi connectivity index (χ2n) is 6.68. The van der Waals surface area contributed by atoms with E-state index >= 15 is 0 Å². The third-order valence-electron chi connectivity index (χ3n) is 4.87. The molecule has 2 heterocycles. The summed E-state index contributed by atoms with van der Waals surface area (Å²) in [7, 11) is 6.29. The SMILES string of the molecule is COc1ccc(NC(=O)CSc2ncnc3c2[nH]c2cc(OC)c(OC)cc23)c(OC)c1. The summed E-state index contributed by atoms with van der Waals surface area (Å²) in [5, 5.41) is 4.41. The van der Waals surface area contributed by atoms with Crippen LogP contribution in [0.3, 0.4) is 0 Å². The van der Waals surface area contributed by atoms with E-state index in [1.54, 1.807) is 39.5 Å². The summed E-state index contributed by atoms with van der Waals surface area (Å²) in [6.45, 7) is 0. The number of nitrogens with zero attached hydrogens (tertiary/aromatic N) is 2. The van der Waals surface area contributed by atoms with Crippen molar-refractivity contribution < 1.29 is 23.7 Å². The van der Waals surface area contributed by atoms with E-state index in [1.807, 2.05) is 12.1 Å². The Morgan fingerprint density at radius 2 is 1.72 bits per heavy atom. The maximum absolute atomic E-state index is 12.6. The maximum atomic E-state index is 12.6. The Morgan fingerprint density at radius 3 is 2.44 bits per heavy atom. The number of hydrogen-bond acceptors (Lipinski definition) is 8. The van der Waals surface area contributed by atoms with E-state index in [4.69, 9.17) is 18.9 Å². The Hall–Kier alpha value is -3.66. The van der Waals surface area contributed by atoms with Gasteiger partial charge in [0.05, 0.1) is 50.9 Å². The molecule has 10 heteroatoms. The largest absolute Gasteiger partial charge is 0.497 e. The molecular formula is C22H22N4O5S. The van der Waals surface area contributed by atoms with E-state index in [1.165, 1.54) is 25.2 Å². The first kappa shape index (κ1) is 21.6. The molecule has 9 nitrogen and oxygen atoms in total. The van der Waals surface area contributed by atoms with Crippen LogP contribution in [0.25, 0.3) is 21.9 Å². The second-order valence-corrected chi connectivity index (χ2v) is 7.65. The Kier molecular flexibility index (Phi) is 6.22. The van der Waals surface area contributed by atoms with Crippen LogP contribution < -0.4 is 24.3 Å². The molecule has 0 radical (unpaired) electrons. The molecule has 4 aromatic rings. The highest BCUT2D eigenvalue weighted by atomic mass is 32.2. The van der Waals surface area contributed by atoms with E-state index in [2.05, 4.69) is 20.3 Å². The molecule has 2 N–H and O–H groups in total. The highest BCUT2D eigenvalue weighted by Crippen LogP contribution is 2.37. The number of nitrogens with one attached hydrogen (secondary N) is 2. The van der Waals surface area contributed by atoms with Crippen LogP contribution in [0.15, 0.2) is 41.7 Å². The third kappa shape index (κ3) is 4.09. The van der Waals surface area contributed by atoms with E-state index in [0.29, 0.717) is 33.7 Å². The highest BCUT2D eigenvalue weighted by Gasteiger charge is 2.16. The summed E-state index contributed by atoms with van der Waals surface area (Å²) in [5.74, 6) is 2.35. The molecular weight excluding hydrogens is 432 g/mol. The van der Waals surface area contributed by atoms with Gasteiger partial charge in [0.1, 0.15) is 28.4 Å². The highest BCUT2D eigenvalue weighted by molar-refractivity contribution is 8.00. The lowest BCUT2D eigenvalue weighted by atomic mass is 10.2. The number of carbonyl (C=O) groups excluding carboxylic acids is 1. The summed E-state index contributed by atoms with van der Waals surface area (Å²) < 4.78 is 21.3. The lowest BCUT2D eigenvalue weighted by Gasteiger charge is -2.11. The number of fused-ring (bicyclic) bond motifs is 3. The Morgan fingerprint density at radius 1 is 0.969 bits per heavy atom. The molecule has 0 bridgehead atoms. The van der Waals surface area contributed by atoms with Crippen molar-refractivity contribution in [2.45, 2.75) is 5.03 Å². The minimum absolute atomic E-state index is 0.156. The predicted octanol–water partition coefficient (Wildman–Crippen LogP) is 3.88. The Labute approximate surface area is 188 Å². The second kappa shape index (κ2) is 9.23. The number of methoxy groups -OCH3 is 4. The average Bonchev–Trinajstić information content (AvgIpc) is 3.20. The van der Waals surface area contributed by atoms with Crippen molar-refractivity contribution in [3.8, 4) is 23.0 Å². The van der Waals surface area contributed by atoms with Gasteiger partial charge < -0.3 is 29.2 Å². The molecule has 2 aromatic carbocycles. The van der Waals surface area contributed by atoms with E-state index in [-0.39, 0.29) is 11.7 Å². The fraction of sp³-hybridized carbons (Fsp3) is 0.227. The van der Waals surface area contributed by atoms with Crippen molar-refractivity contribution in [3.05, 3.63) is 36.7 Å². The minimum atomic E-state index is -0.190. The lowest BCUT2D eigenvalue weighted by molar-refractivity contribution is -0.113. The number of thioether (sulfide) groups is 1. The number of aromatic nitrogens is 3. The average molecular weight is 455 g/mol. The predicted molar refractivity (Wildman–Crippen MR) is 123 cm³/mol. The summed E-state index contributed by atoms with van der Waals surface area (Å²) >= 11 is 1.31. The van der Waals surface area contributed by atoms with Gasteiger partial charge in [0.25, 0.3) is 0 Å². The van der Waals surface area contributed by atoms with Gasteiger partial charge in [-0.3, -0.25) is 4.79 Å². The molecule has 0 aliphatic heterocycles. The van der Waals surface area contributed by atoms with Crippen molar-refractivity contribution in [3.63, 3.8) is 0 Å². The monoisotopic (exact) mass is 454 g/mol. The van der Waals surface area contributed by atoms with Gasteiger partial charge >= 0.3 is 0 Å². The maximum Gasteiger partial charge on any atom is 0.234 e. The van der Waals surface area contributed by atoms with Crippen molar-refractivity contribution in [2.75, 3.05) is 39.5 Å². The van der Waals surface area contributed by atoms with E-state index in [0.717, 1.165) is 21.9 Å². The quantitative estimate of drug-likeness (QED) is 0.305. The molecule has 166 valence electrons. The Bertz CT molecular complexity index is 1290. The molecule has 32 heavy (non-hydrogen) atoms. The van der Waals surface area contributed by atoms with Crippen LogP contribution in [0.4, 0.5) is 5.69 Å². The number of carbonyl (C=O) groups is 1. The molecule has 0 saturated heterocycles. The zero-order valence-electron chi connectivity index (χ0n) is 18.0. The van der Waals surface area contributed by atoms with Gasteiger partial charge in [0, 0.05) is 17.5 Å². The van der Waals surface area contributed by atoms with Crippen molar-refractivity contribution in [1.82, 2.24) is 15.0 Å². The summed E-state index contributed by atoms with van der Waals surface area (Å²) in [6.07, 6.45) is 1.49. The summed E-state index contributed by atoms with van der Waals surface area (Å²) in [4.78, 5) is 24.7. The van der Waals surface area contributed by atoms with Crippen LogP contribution >= 0.6 is 11.8 Å². The zero-order chi connectivity index (χ0) is 22.7. The van der Waals surface area contributed by atoms with Gasteiger partial charge in [-0.05, 0) is 18.2 Å². The van der Waals surface area contributed by atoms with Gasteiger partial charge in [0.15, 0.2) is 11.5 Å². The molecule has 0 spiro atoms. The van der Waals surface area contributed by atoms with Gasteiger partial charge in [0.2, 0.25) is 5.91 Å². The first-order valence-electron chi connectivity index (χ1n) is 9.61. The standard InChI is InChI=1S/C22H22N4O5S/c1-28-12-5-6-14(16(7-12)29-2)25-19(27)10-32-22-21-20(23-11-24-22)13-8-17(30-3)18(31-4)9-15(13)26-21/h5-9,11,26H,10H2,1-4H3,(H,25,27). The molecule has 1 amide bonds. The van der Waals surface area contributed by atoms with Gasteiger partial charge in [-0.15, -0.1) is 0 Å². The molecule has 0 aliphatic carbocycles. The molecule has 0 aliphatic rings. The molecule has 4 rings (SSSR count). The third-order valence-corrected chi connectivity index (χ3v) is 5.86. The number of H-pyrrole nitrogens is 1. The minimum Gasteiger partial charge on any atom is -0.497 e. The number of rotatable bonds is 8. The van der Waals surface area contributed by atoms with Crippen molar-refractivity contribution >= 4 is 45.3 Å². The number of amides is 1. The fourth-order valence-corrected chi connectivity index (χ4v) is 4.08. The number of anilines is 1.